The zero-order valence-corrected chi connectivity index (χ0v) is 14.0. The van der Waals surface area contributed by atoms with E-state index in [-0.39, 0.29) is 28.8 Å². The van der Waals surface area contributed by atoms with Gasteiger partial charge in [0.1, 0.15) is 0 Å². The van der Waals surface area contributed by atoms with E-state index in [2.05, 4.69) is 0 Å². The maximum Gasteiger partial charge on any atom is 0.446 e. The number of hydrogen-bond donors (Lipinski definition) is 1. The molecule has 2 aromatic carbocycles. The summed E-state index contributed by atoms with van der Waals surface area (Å²) in [5.41, 5.74) is 1.65. The molecule has 4 nitrogen and oxygen atoms in total. The van der Waals surface area contributed by atoms with Crippen molar-refractivity contribution in [1.82, 2.24) is 4.90 Å². The SMILES string of the molecule is CN(Cc1cccc(C(N)=O)c1)C(=O)c1ccccc1SC(F)(F)F. The highest BCUT2D eigenvalue weighted by atomic mass is 32.2. The highest BCUT2D eigenvalue weighted by Gasteiger charge is 2.31. The van der Waals surface area contributed by atoms with Crippen LogP contribution in [0.1, 0.15) is 26.3 Å². The van der Waals surface area contributed by atoms with Gasteiger partial charge in [-0.25, -0.2) is 0 Å². The molecule has 0 aliphatic heterocycles. The molecule has 0 saturated heterocycles. The monoisotopic (exact) mass is 368 g/mol. The van der Waals surface area contributed by atoms with Gasteiger partial charge in [-0.2, -0.15) is 13.2 Å². The van der Waals surface area contributed by atoms with Crippen LogP contribution in [0.25, 0.3) is 0 Å². The van der Waals surface area contributed by atoms with E-state index in [1.807, 2.05) is 0 Å². The van der Waals surface area contributed by atoms with Crippen LogP contribution >= 0.6 is 11.8 Å². The number of benzene rings is 2. The third-order valence-corrected chi connectivity index (χ3v) is 4.13. The maximum absolute atomic E-state index is 12.6. The molecule has 0 aromatic heterocycles. The van der Waals surface area contributed by atoms with Crippen molar-refractivity contribution in [3.05, 3.63) is 65.2 Å². The minimum atomic E-state index is -4.48. The third kappa shape index (κ3) is 5.25. The van der Waals surface area contributed by atoms with Crippen LogP contribution < -0.4 is 5.73 Å². The molecule has 0 bridgehead atoms. The first-order chi connectivity index (χ1) is 11.7. The largest absolute Gasteiger partial charge is 0.446 e. The summed E-state index contributed by atoms with van der Waals surface area (Å²) in [6.45, 7) is 0.130. The van der Waals surface area contributed by atoms with Crippen LogP contribution in [0, 0.1) is 0 Å². The second-order valence-corrected chi connectivity index (χ2v) is 6.38. The van der Waals surface area contributed by atoms with Gasteiger partial charge in [0.15, 0.2) is 0 Å². The van der Waals surface area contributed by atoms with Crippen molar-refractivity contribution in [3.63, 3.8) is 0 Å². The van der Waals surface area contributed by atoms with E-state index in [0.29, 0.717) is 11.1 Å². The molecule has 2 amide bonds. The van der Waals surface area contributed by atoms with Crippen molar-refractivity contribution in [2.45, 2.75) is 16.9 Å². The number of hydrogen-bond acceptors (Lipinski definition) is 3. The fourth-order valence-corrected chi connectivity index (χ4v) is 2.89. The number of primary amides is 1. The third-order valence-electron chi connectivity index (χ3n) is 3.32. The van der Waals surface area contributed by atoms with Crippen LogP contribution in [0.5, 0.6) is 0 Å². The van der Waals surface area contributed by atoms with Gasteiger partial charge in [-0.15, -0.1) is 0 Å². The molecule has 0 spiro atoms. The Balaban J connectivity index is 2.21. The van der Waals surface area contributed by atoms with E-state index in [0.717, 1.165) is 0 Å². The lowest BCUT2D eigenvalue weighted by Gasteiger charge is -2.19. The number of amides is 2. The molecule has 8 heteroatoms. The molecular formula is C17H15F3N2O2S. The van der Waals surface area contributed by atoms with E-state index in [1.54, 1.807) is 24.3 Å². The minimum Gasteiger partial charge on any atom is -0.366 e. The van der Waals surface area contributed by atoms with Crippen LogP contribution in [-0.4, -0.2) is 29.3 Å². The van der Waals surface area contributed by atoms with Gasteiger partial charge in [0.05, 0.1) is 5.56 Å². The summed E-state index contributed by atoms with van der Waals surface area (Å²) >= 11 is -0.323. The summed E-state index contributed by atoms with van der Waals surface area (Å²) in [6.07, 6.45) is 0. The van der Waals surface area contributed by atoms with E-state index in [1.165, 1.54) is 36.2 Å². The molecule has 2 aromatic rings. The number of carbonyl (C=O) groups excluding carboxylic acids is 2. The molecule has 0 atom stereocenters. The number of carbonyl (C=O) groups is 2. The standard InChI is InChI=1S/C17H15F3N2O2S/c1-22(10-11-5-4-6-12(9-11)15(21)23)16(24)13-7-2-3-8-14(13)25-17(18,19)20/h2-9H,10H2,1H3,(H2,21,23). The number of nitrogens with zero attached hydrogens (tertiary/aromatic N) is 1. The maximum atomic E-state index is 12.6. The Morgan fingerprint density at radius 1 is 1.12 bits per heavy atom. The van der Waals surface area contributed by atoms with Gasteiger partial charge in [0.25, 0.3) is 5.91 Å². The van der Waals surface area contributed by atoms with Crippen molar-refractivity contribution in [2.24, 2.45) is 5.73 Å². The van der Waals surface area contributed by atoms with Crippen LogP contribution in [0.15, 0.2) is 53.4 Å². The highest BCUT2D eigenvalue weighted by molar-refractivity contribution is 8.00. The quantitative estimate of drug-likeness (QED) is 0.819. The Bertz CT molecular complexity index is 793. The lowest BCUT2D eigenvalue weighted by atomic mass is 10.1. The van der Waals surface area contributed by atoms with Gasteiger partial charge in [-0.3, -0.25) is 9.59 Å². The molecule has 0 radical (unpaired) electrons. The average Bonchev–Trinajstić information content (AvgIpc) is 2.53. The van der Waals surface area contributed by atoms with Crippen molar-refractivity contribution >= 4 is 23.6 Å². The first kappa shape index (κ1) is 18.9. The Labute approximate surface area is 146 Å². The second-order valence-electron chi connectivity index (χ2n) is 5.27. The van der Waals surface area contributed by atoms with Crippen LogP contribution in [-0.2, 0) is 6.54 Å². The van der Waals surface area contributed by atoms with Gasteiger partial charge in [-0.05, 0) is 41.6 Å². The summed E-state index contributed by atoms with van der Waals surface area (Å²) < 4.78 is 37.9. The predicted octanol–water partition coefficient (Wildman–Crippen LogP) is 3.67. The molecule has 2 rings (SSSR count). The first-order valence-electron chi connectivity index (χ1n) is 7.16. The molecule has 132 valence electrons. The number of nitrogens with two attached hydrogens (primary N) is 1. The smallest absolute Gasteiger partial charge is 0.366 e. The van der Waals surface area contributed by atoms with Crippen molar-refractivity contribution < 1.29 is 22.8 Å². The Morgan fingerprint density at radius 2 is 1.80 bits per heavy atom. The highest BCUT2D eigenvalue weighted by Crippen LogP contribution is 2.38. The second kappa shape index (κ2) is 7.60. The van der Waals surface area contributed by atoms with Crippen LogP contribution in [0.4, 0.5) is 13.2 Å². The molecule has 0 heterocycles. The van der Waals surface area contributed by atoms with E-state index >= 15 is 0 Å². The van der Waals surface area contributed by atoms with E-state index in [9.17, 15) is 22.8 Å². The van der Waals surface area contributed by atoms with Gasteiger partial charge in [0.2, 0.25) is 5.91 Å². The molecular weight excluding hydrogens is 353 g/mol. The summed E-state index contributed by atoms with van der Waals surface area (Å²) in [4.78, 5) is 24.9. The lowest BCUT2D eigenvalue weighted by Crippen LogP contribution is -2.27. The predicted molar refractivity (Wildman–Crippen MR) is 89.1 cm³/mol. The molecule has 0 unspecified atom stereocenters. The summed E-state index contributed by atoms with van der Waals surface area (Å²) in [5, 5.41) is 0. The lowest BCUT2D eigenvalue weighted by molar-refractivity contribution is -0.0328. The summed E-state index contributed by atoms with van der Waals surface area (Å²) in [5.74, 6) is -1.14. The summed E-state index contributed by atoms with van der Waals surface area (Å²) in [6, 6.07) is 12.0. The zero-order valence-electron chi connectivity index (χ0n) is 13.2. The van der Waals surface area contributed by atoms with Crippen molar-refractivity contribution in [2.75, 3.05) is 7.05 Å². The number of rotatable bonds is 5. The Hall–Kier alpha value is -2.48. The number of halogens is 3. The zero-order chi connectivity index (χ0) is 18.6. The van der Waals surface area contributed by atoms with E-state index < -0.39 is 17.3 Å². The van der Waals surface area contributed by atoms with E-state index in [4.69, 9.17) is 5.73 Å². The molecule has 2 N–H and O–H groups in total. The molecule has 0 aliphatic rings. The van der Waals surface area contributed by atoms with Gasteiger partial charge in [-0.1, -0.05) is 24.3 Å². The minimum absolute atomic E-state index is 0.0293. The number of thioether (sulfide) groups is 1. The van der Waals surface area contributed by atoms with Gasteiger partial charge < -0.3 is 10.6 Å². The first-order valence-corrected chi connectivity index (χ1v) is 7.98. The fraction of sp³-hybridized carbons (Fsp3) is 0.176. The number of alkyl halides is 3. The Morgan fingerprint density at radius 3 is 2.44 bits per heavy atom. The average molecular weight is 368 g/mol. The van der Waals surface area contributed by atoms with Crippen LogP contribution in [0.3, 0.4) is 0 Å². The topological polar surface area (TPSA) is 63.4 Å². The summed E-state index contributed by atoms with van der Waals surface area (Å²) in [7, 11) is 1.48. The van der Waals surface area contributed by atoms with Gasteiger partial charge >= 0.3 is 5.51 Å². The van der Waals surface area contributed by atoms with Crippen molar-refractivity contribution in [3.8, 4) is 0 Å². The fourth-order valence-electron chi connectivity index (χ4n) is 2.23. The molecule has 0 fully saturated rings. The Kier molecular flexibility index (Phi) is 5.73. The normalized spacial score (nSPS) is 11.2. The van der Waals surface area contributed by atoms with Gasteiger partial charge in [0, 0.05) is 24.1 Å². The van der Waals surface area contributed by atoms with Crippen molar-refractivity contribution in [1.29, 1.82) is 0 Å². The molecule has 0 saturated carbocycles. The molecule has 25 heavy (non-hydrogen) atoms. The van der Waals surface area contributed by atoms with Crippen LogP contribution in [0.2, 0.25) is 0 Å². The molecule has 0 aliphatic carbocycles.